The number of alkyl halides is 3. The van der Waals surface area contributed by atoms with Gasteiger partial charge in [0, 0.05) is 11.8 Å². The van der Waals surface area contributed by atoms with Crippen molar-refractivity contribution in [3.63, 3.8) is 0 Å². The topological polar surface area (TPSA) is 66.8 Å². The van der Waals surface area contributed by atoms with E-state index >= 15 is 0 Å². The molecule has 0 saturated heterocycles. The maximum Gasteiger partial charge on any atom is 0.573 e. The smallest absolute Gasteiger partial charge is 0.478 e. The van der Waals surface area contributed by atoms with Crippen molar-refractivity contribution in [2.45, 2.75) is 38.6 Å². The summed E-state index contributed by atoms with van der Waals surface area (Å²) in [5, 5.41) is 9.22. The quantitative estimate of drug-likeness (QED) is 0.312. The maximum absolute atomic E-state index is 13.3. The summed E-state index contributed by atoms with van der Waals surface area (Å²) in [5.74, 6) is -1.89. The minimum absolute atomic E-state index is 0.0864. The number of amides is 1. The minimum atomic E-state index is -4.82. The van der Waals surface area contributed by atoms with Gasteiger partial charge in [0.05, 0.1) is 12.1 Å². The van der Waals surface area contributed by atoms with Gasteiger partial charge in [-0.3, -0.25) is 4.79 Å². The van der Waals surface area contributed by atoms with E-state index in [0.717, 1.165) is 24.0 Å². The molecule has 0 atom stereocenters. The van der Waals surface area contributed by atoms with E-state index in [2.05, 4.69) is 10.8 Å². The molecule has 0 aromatic heterocycles. The summed E-state index contributed by atoms with van der Waals surface area (Å²) in [5.41, 5.74) is 4.26. The molecule has 4 rings (SSSR count). The van der Waals surface area contributed by atoms with Crippen molar-refractivity contribution >= 4 is 29.2 Å². The normalized spacial score (nSPS) is 13.7. The lowest BCUT2D eigenvalue weighted by Crippen LogP contribution is -2.28. The molecule has 0 heterocycles. The van der Waals surface area contributed by atoms with Gasteiger partial charge in [-0.25, -0.2) is 4.79 Å². The summed E-state index contributed by atoms with van der Waals surface area (Å²) < 4.78 is 41.6. The molecular formula is C30H26F3NO4. The molecule has 8 heteroatoms. The number of carboxylic acids is 1. The maximum atomic E-state index is 13.3. The lowest BCUT2D eigenvalue weighted by atomic mass is 9.93. The molecule has 0 bridgehead atoms. The van der Waals surface area contributed by atoms with Crippen molar-refractivity contribution < 1.29 is 32.6 Å². The summed E-state index contributed by atoms with van der Waals surface area (Å²) in [4.78, 5) is 26.0. The van der Waals surface area contributed by atoms with Gasteiger partial charge in [0.2, 0.25) is 0 Å². The molecule has 3 aromatic carbocycles. The largest absolute Gasteiger partial charge is 0.573 e. The number of hydrogen-bond donors (Lipinski definition) is 1. The number of carbonyl (C=O) groups is 2. The van der Waals surface area contributed by atoms with Gasteiger partial charge >= 0.3 is 12.3 Å². The molecule has 0 spiro atoms. The van der Waals surface area contributed by atoms with E-state index in [1.54, 1.807) is 18.2 Å². The zero-order valence-electron chi connectivity index (χ0n) is 20.4. The second kappa shape index (κ2) is 11.8. The Morgan fingerprint density at radius 3 is 2.34 bits per heavy atom. The van der Waals surface area contributed by atoms with Gasteiger partial charge in [-0.15, -0.1) is 13.2 Å². The third kappa shape index (κ3) is 7.35. The molecule has 0 aliphatic heterocycles. The second-order valence-corrected chi connectivity index (χ2v) is 8.90. The average molecular weight is 522 g/mol. The van der Waals surface area contributed by atoms with Gasteiger partial charge in [-0.05, 0) is 90.4 Å². The Balaban J connectivity index is 1.57. The number of rotatable bonds is 8. The third-order valence-electron chi connectivity index (χ3n) is 6.16. The first kappa shape index (κ1) is 26.7. The lowest BCUT2D eigenvalue weighted by molar-refractivity contribution is -0.274. The van der Waals surface area contributed by atoms with Gasteiger partial charge in [0.1, 0.15) is 5.75 Å². The van der Waals surface area contributed by atoms with Crippen LogP contribution in [-0.4, -0.2) is 23.3 Å². The van der Waals surface area contributed by atoms with Gasteiger partial charge < -0.3 is 14.7 Å². The Morgan fingerprint density at radius 1 is 0.974 bits per heavy atom. The number of aromatic carboxylic acids is 1. The van der Waals surface area contributed by atoms with Crippen LogP contribution in [0.4, 0.5) is 18.9 Å². The number of ether oxygens (including phenoxy) is 1. The number of anilines is 1. The monoisotopic (exact) mass is 521 g/mol. The molecule has 0 saturated carbocycles. The van der Waals surface area contributed by atoms with Crippen LogP contribution in [-0.2, 0) is 11.3 Å². The van der Waals surface area contributed by atoms with Crippen LogP contribution in [0.5, 0.6) is 5.75 Å². The van der Waals surface area contributed by atoms with E-state index in [-0.39, 0.29) is 17.9 Å². The van der Waals surface area contributed by atoms with Gasteiger partial charge in [0.15, 0.2) is 0 Å². The van der Waals surface area contributed by atoms with E-state index in [9.17, 15) is 27.9 Å². The standard InChI is InChI=1S/C30H26F3NO4/c31-30(32,33)38-27-8-4-5-21(19-27)11-18-28(35)34(26-16-14-25(15-17-26)29(36)37)20-22-9-12-24(13-10-22)23-6-2-1-3-7-23/h4-6,8-19H,1-3,7,20H2,(H,36,37)/b18-11+. The van der Waals surface area contributed by atoms with Crippen molar-refractivity contribution in [2.24, 2.45) is 0 Å². The molecule has 5 nitrogen and oxygen atoms in total. The fourth-order valence-corrected chi connectivity index (χ4v) is 4.26. The Morgan fingerprint density at radius 2 is 1.71 bits per heavy atom. The predicted octanol–water partition coefficient (Wildman–Crippen LogP) is 7.49. The van der Waals surface area contributed by atoms with Crippen LogP contribution in [0.15, 0.2) is 84.9 Å². The summed E-state index contributed by atoms with van der Waals surface area (Å²) in [6.45, 7) is 0.214. The van der Waals surface area contributed by atoms with Crippen LogP contribution in [0, 0.1) is 0 Å². The number of hydrogen-bond acceptors (Lipinski definition) is 3. The molecule has 1 aliphatic rings. The highest BCUT2D eigenvalue weighted by Crippen LogP contribution is 2.28. The molecule has 3 aromatic rings. The zero-order chi connectivity index (χ0) is 27.1. The van der Waals surface area contributed by atoms with E-state index in [0.29, 0.717) is 11.3 Å². The lowest BCUT2D eigenvalue weighted by Gasteiger charge is -2.22. The number of halogens is 3. The summed E-state index contributed by atoms with van der Waals surface area (Å²) in [6.07, 6.45) is 4.59. The molecule has 0 unspecified atom stereocenters. The molecule has 1 N–H and O–H groups in total. The first-order valence-corrected chi connectivity index (χ1v) is 12.1. The minimum Gasteiger partial charge on any atom is -0.478 e. The van der Waals surface area contributed by atoms with Gasteiger partial charge in [-0.1, -0.05) is 42.5 Å². The zero-order valence-corrected chi connectivity index (χ0v) is 20.4. The van der Waals surface area contributed by atoms with Crippen molar-refractivity contribution in [2.75, 3.05) is 4.90 Å². The molecule has 1 amide bonds. The van der Waals surface area contributed by atoms with Crippen LogP contribution >= 0.6 is 0 Å². The number of nitrogens with zero attached hydrogens (tertiary/aromatic N) is 1. The SMILES string of the molecule is O=C(O)c1ccc(N(Cc2ccc(C3=CCCCC3)cc2)C(=O)/C=C/c2cccc(OC(F)(F)F)c2)cc1. The molecule has 0 radical (unpaired) electrons. The molecule has 1 aliphatic carbocycles. The van der Waals surface area contributed by atoms with Crippen molar-refractivity contribution in [3.05, 3.63) is 107 Å². The van der Waals surface area contributed by atoms with E-state index in [1.165, 1.54) is 65.8 Å². The Hall–Kier alpha value is -4.33. The predicted molar refractivity (Wildman–Crippen MR) is 140 cm³/mol. The first-order chi connectivity index (χ1) is 18.2. The first-order valence-electron chi connectivity index (χ1n) is 12.1. The van der Waals surface area contributed by atoms with E-state index in [1.807, 2.05) is 24.3 Å². The summed E-state index contributed by atoms with van der Waals surface area (Å²) in [7, 11) is 0. The van der Waals surface area contributed by atoms with Crippen LogP contribution in [0.1, 0.15) is 52.7 Å². The van der Waals surface area contributed by atoms with Gasteiger partial charge in [0.25, 0.3) is 5.91 Å². The van der Waals surface area contributed by atoms with Crippen LogP contribution in [0.3, 0.4) is 0 Å². The highest BCUT2D eigenvalue weighted by molar-refractivity contribution is 6.04. The Kier molecular flexibility index (Phi) is 8.31. The van der Waals surface area contributed by atoms with Gasteiger partial charge in [-0.2, -0.15) is 0 Å². The van der Waals surface area contributed by atoms with Crippen molar-refractivity contribution in [1.82, 2.24) is 0 Å². The number of allylic oxidation sites excluding steroid dienone is 2. The molecular weight excluding hydrogens is 495 g/mol. The number of benzene rings is 3. The second-order valence-electron chi connectivity index (χ2n) is 8.90. The Labute approximate surface area is 218 Å². The summed E-state index contributed by atoms with van der Waals surface area (Å²) >= 11 is 0. The summed E-state index contributed by atoms with van der Waals surface area (Å²) in [6, 6.07) is 19.2. The van der Waals surface area contributed by atoms with E-state index in [4.69, 9.17) is 0 Å². The average Bonchev–Trinajstić information content (AvgIpc) is 2.90. The number of carbonyl (C=O) groups excluding carboxylic acids is 1. The number of carboxylic acid groups (broad SMARTS) is 1. The fourth-order valence-electron chi connectivity index (χ4n) is 4.26. The molecule has 0 fully saturated rings. The van der Waals surface area contributed by atoms with Crippen molar-refractivity contribution in [1.29, 1.82) is 0 Å². The van der Waals surface area contributed by atoms with Crippen LogP contribution in [0.2, 0.25) is 0 Å². The van der Waals surface area contributed by atoms with Crippen molar-refractivity contribution in [3.8, 4) is 5.75 Å². The fraction of sp³-hybridized carbons (Fsp3) is 0.200. The highest BCUT2D eigenvalue weighted by atomic mass is 19.4. The molecule has 196 valence electrons. The van der Waals surface area contributed by atoms with Crippen LogP contribution < -0.4 is 9.64 Å². The van der Waals surface area contributed by atoms with E-state index < -0.39 is 18.2 Å². The van der Waals surface area contributed by atoms with Crippen LogP contribution in [0.25, 0.3) is 11.6 Å². The Bertz CT molecular complexity index is 1340. The highest BCUT2D eigenvalue weighted by Gasteiger charge is 2.31. The third-order valence-corrected chi connectivity index (χ3v) is 6.16. The molecule has 38 heavy (non-hydrogen) atoms.